The highest BCUT2D eigenvalue weighted by molar-refractivity contribution is 6.09. The molecule has 0 radical (unpaired) electrons. The van der Waals surface area contributed by atoms with Gasteiger partial charge in [-0.05, 0) is 67.4 Å². The summed E-state index contributed by atoms with van der Waals surface area (Å²) < 4.78 is 0. The third kappa shape index (κ3) is 3.70. The van der Waals surface area contributed by atoms with Gasteiger partial charge in [0.05, 0.1) is 11.4 Å². The maximum Gasteiger partial charge on any atom is 0.160 e. The van der Waals surface area contributed by atoms with E-state index in [-0.39, 0.29) is 10.8 Å². The van der Waals surface area contributed by atoms with Gasteiger partial charge in [-0.25, -0.2) is 9.97 Å². The summed E-state index contributed by atoms with van der Waals surface area (Å²) in [4.78, 5) is 10.6. The Kier molecular flexibility index (Phi) is 5.63. The maximum atomic E-state index is 5.33. The molecule has 2 aliphatic carbocycles. The molecule has 0 bridgehead atoms. The van der Waals surface area contributed by atoms with E-state index in [2.05, 4.69) is 155 Å². The SMILES string of the molecule is CC1(C)c2ccccc2-c2c1cc(-c1cc(-c3cccc4c3C(C)(C)c3ccccc3-4)nc(-c3ccccc3)n1)c1ccccc21. The van der Waals surface area contributed by atoms with Crippen LogP contribution >= 0.6 is 0 Å². The summed E-state index contributed by atoms with van der Waals surface area (Å²) in [6, 6.07) is 48.3. The molecule has 0 fully saturated rings. The molecule has 220 valence electrons. The molecule has 6 aromatic carbocycles. The molecule has 9 rings (SSSR count). The Morgan fingerprint density at radius 1 is 0.413 bits per heavy atom. The van der Waals surface area contributed by atoms with Crippen LogP contribution in [-0.2, 0) is 10.8 Å². The fraction of sp³-hybridized carbons (Fsp3) is 0.136. The largest absolute Gasteiger partial charge is 0.228 e. The molecule has 0 atom stereocenters. The molecule has 46 heavy (non-hydrogen) atoms. The van der Waals surface area contributed by atoms with Crippen LogP contribution in [0.25, 0.3) is 66.9 Å². The van der Waals surface area contributed by atoms with Gasteiger partial charge >= 0.3 is 0 Å². The molecule has 0 unspecified atom stereocenters. The molecular weight excluding hydrogens is 556 g/mol. The normalized spacial score (nSPS) is 14.9. The van der Waals surface area contributed by atoms with Crippen LogP contribution in [0.5, 0.6) is 0 Å². The van der Waals surface area contributed by atoms with Crippen LogP contribution in [0.3, 0.4) is 0 Å². The summed E-state index contributed by atoms with van der Waals surface area (Å²) in [7, 11) is 0. The molecule has 2 nitrogen and oxygen atoms in total. The van der Waals surface area contributed by atoms with Crippen molar-refractivity contribution >= 4 is 10.8 Å². The maximum absolute atomic E-state index is 5.33. The minimum atomic E-state index is -0.156. The minimum Gasteiger partial charge on any atom is -0.228 e. The lowest BCUT2D eigenvalue weighted by Crippen LogP contribution is -2.16. The molecule has 0 N–H and O–H groups in total. The fourth-order valence-corrected chi connectivity index (χ4v) is 8.26. The van der Waals surface area contributed by atoms with Crippen molar-refractivity contribution in [1.82, 2.24) is 9.97 Å². The Labute approximate surface area is 270 Å². The van der Waals surface area contributed by atoms with Gasteiger partial charge in [-0.15, -0.1) is 0 Å². The fourth-order valence-electron chi connectivity index (χ4n) is 8.26. The molecular formula is C44H34N2. The quantitative estimate of drug-likeness (QED) is 0.205. The first-order valence-electron chi connectivity index (χ1n) is 16.2. The Hall–Kier alpha value is -5.34. The lowest BCUT2D eigenvalue weighted by atomic mass is 9.79. The van der Waals surface area contributed by atoms with E-state index in [0.717, 1.165) is 33.9 Å². The summed E-state index contributed by atoms with van der Waals surface area (Å²) in [5.41, 5.74) is 15.6. The predicted octanol–water partition coefficient (Wildman–Crippen LogP) is 11.2. The Morgan fingerprint density at radius 2 is 0.978 bits per heavy atom. The number of hydrogen-bond donors (Lipinski definition) is 0. The van der Waals surface area contributed by atoms with E-state index in [1.165, 1.54) is 55.3 Å². The zero-order valence-electron chi connectivity index (χ0n) is 26.6. The standard InChI is InChI=1S/C44H34N2/c1-43(2)36-24-13-11-20-32(36)40-30-19-9-8-17-28(30)34(25-37(40)43)39-26-38(45-42(46-39)27-15-6-5-7-16-27)33-22-14-21-31-29-18-10-12-23-35(29)44(3,4)41(31)33/h5-26H,1-4H3. The first kappa shape index (κ1) is 27.0. The summed E-state index contributed by atoms with van der Waals surface area (Å²) in [6.07, 6.45) is 0. The van der Waals surface area contributed by atoms with Crippen molar-refractivity contribution in [2.24, 2.45) is 0 Å². The number of fused-ring (bicyclic) bond motifs is 8. The topological polar surface area (TPSA) is 25.8 Å². The molecule has 7 aromatic rings. The highest BCUT2D eigenvalue weighted by atomic mass is 14.9. The molecule has 2 aliphatic rings. The smallest absolute Gasteiger partial charge is 0.160 e. The van der Waals surface area contributed by atoms with Crippen molar-refractivity contribution in [1.29, 1.82) is 0 Å². The van der Waals surface area contributed by atoms with Crippen LogP contribution in [0, 0.1) is 0 Å². The van der Waals surface area contributed by atoms with E-state index in [1.54, 1.807) is 0 Å². The van der Waals surface area contributed by atoms with Crippen LogP contribution in [0.2, 0.25) is 0 Å². The molecule has 0 spiro atoms. The van der Waals surface area contributed by atoms with Gasteiger partial charge in [-0.2, -0.15) is 0 Å². The third-order valence-electron chi connectivity index (χ3n) is 10.5. The second kappa shape index (κ2) is 9.58. The van der Waals surface area contributed by atoms with Crippen molar-refractivity contribution in [3.8, 4) is 56.2 Å². The Balaban J connectivity index is 1.34. The molecule has 2 heteroatoms. The first-order chi connectivity index (χ1) is 22.3. The lowest BCUT2D eigenvalue weighted by molar-refractivity contribution is 0.661. The molecule has 0 saturated carbocycles. The minimum absolute atomic E-state index is 0.126. The van der Waals surface area contributed by atoms with Gasteiger partial charge in [0.1, 0.15) is 0 Å². The van der Waals surface area contributed by atoms with E-state index in [9.17, 15) is 0 Å². The Morgan fingerprint density at radius 3 is 1.74 bits per heavy atom. The Bertz CT molecular complexity index is 2360. The van der Waals surface area contributed by atoms with Gasteiger partial charge in [-0.1, -0.05) is 149 Å². The van der Waals surface area contributed by atoms with E-state index in [4.69, 9.17) is 9.97 Å². The van der Waals surface area contributed by atoms with Crippen LogP contribution in [0.1, 0.15) is 49.9 Å². The van der Waals surface area contributed by atoms with Crippen LogP contribution < -0.4 is 0 Å². The molecule has 1 aromatic heterocycles. The number of aromatic nitrogens is 2. The summed E-state index contributed by atoms with van der Waals surface area (Å²) in [5, 5.41) is 2.48. The average Bonchev–Trinajstić information content (AvgIpc) is 3.48. The van der Waals surface area contributed by atoms with E-state index < -0.39 is 0 Å². The third-order valence-corrected chi connectivity index (χ3v) is 10.5. The molecule has 0 saturated heterocycles. The van der Waals surface area contributed by atoms with Gasteiger partial charge in [0, 0.05) is 27.5 Å². The van der Waals surface area contributed by atoms with Crippen LogP contribution in [0.15, 0.2) is 133 Å². The highest BCUT2D eigenvalue weighted by Crippen LogP contribution is 2.54. The monoisotopic (exact) mass is 590 g/mol. The van der Waals surface area contributed by atoms with Gasteiger partial charge in [-0.3, -0.25) is 0 Å². The van der Waals surface area contributed by atoms with Crippen LogP contribution in [-0.4, -0.2) is 9.97 Å². The van der Waals surface area contributed by atoms with Crippen LogP contribution in [0.4, 0.5) is 0 Å². The number of rotatable bonds is 3. The average molecular weight is 591 g/mol. The number of benzene rings is 6. The van der Waals surface area contributed by atoms with E-state index >= 15 is 0 Å². The van der Waals surface area contributed by atoms with E-state index in [0.29, 0.717) is 0 Å². The first-order valence-corrected chi connectivity index (χ1v) is 16.2. The second-order valence-corrected chi connectivity index (χ2v) is 13.8. The zero-order valence-corrected chi connectivity index (χ0v) is 26.6. The number of hydrogen-bond acceptors (Lipinski definition) is 2. The summed E-state index contributed by atoms with van der Waals surface area (Å²) in [5.74, 6) is 0.742. The summed E-state index contributed by atoms with van der Waals surface area (Å²) >= 11 is 0. The van der Waals surface area contributed by atoms with Gasteiger partial charge in [0.15, 0.2) is 5.82 Å². The van der Waals surface area contributed by atoms with Gasteiger partial charge in [0.2, 0.25) is 0 Å². The van der Waals surface area contributed by atoms with Crippen molar-refractivity contribution in [3.05, 3.63) is 156 Å². The highest BCUT2D eigenvalue weighted by Gasteiger charge is 2.39. The van der Waals surface area contributed by atoms with Crippen molar-refractivity contribution in [2.75, 3.05) is 0 Å². The molecule has 0 amide bonds. The van der Waals surface area contributed by atoms with E-state index in [1.807, 2.05) is 6.07 Å². The van der Waals surface area contributed by atoms with Crippen molar-refractivity contribution in [3.63, 3.8) is 0 Å². The van der Waals surface area contributed by atoms with Gasteiger partial charge in [0.25, 0.3) is 0 Å². The molecule has 0 aliphatic heterocycles. The predicted molar refractivity (Wildman–Crippen MR) is 191 cm³/mol. The lowest BCUT2D eigenvalue weighted by Gasteiger charge is -2.25. The van der Waals surface area contributed by atoms with Crippen molar-refractivity contribution < 1.29 is 0 Å². The second-order valence-electron chi connectivity index (χ2n) is 13.8. The van der Waals surface area contributed by atoms with Crippen molar-refractivity contribution in [2.45, 2.75) is 38.5 Å². The summed E-state index contributed by atoms with van der Waals surface area (Å²) in [6.45, 7) is 9.39. The van der Waals surface area contributed by atoms with Gasteiger partial charge < -0.3 is 0 Å². The number of nitrogens with zero attached hydrogens (tertiary/aromatic N) is 2. The zero-order chi connectivity index (χ0) is 31.2. The molecule has 1 heterocycles.